The fourth-order valence-corrected chi connectivity index (χ4v) is 2.52. The third-order valence-corrected chi connectivity index (χ3v) is 3.90. The SMILES string of the molecule is CNC(=O)COc1ccc(C(=O)NCc2cccc(Br)c2)cc1OC. The van der Waals surface area contributed by atoms with Crippen molar-refractivity contribution in [2.75, 3.05) is 20.8 Å². The Balaban J connectivity index is 2.03. The first kappa shape index (κ1) is 18.8. The zero-order chi connectivity index (χ0) is 18.2. The van der Waals surface area contributed by atoms with E-state index in [-0.39, 0.29) is 18.4 Å². The second-order valence-corrected chi connectivity index (χ2v) is 6.06. The summed E-state index contributed by atoms with van der Waals surface area (Å²) in [5, 5.41) is 5.32. The van der Waals surface area contributed by atoms with Crippen molar-refractivity contribution >= 4 is 27.7 Å². The number of nitrogens with one attached hydrogen (secondary N) is 2. The lowest BCUT2D eigenvalue weighted by Crippen LogP contribution is -2.25. The summed E-state index contributed by atoms with van der Waals surface area (Å²) < 4.78 is 11.6. The van der Waals surface area contributed by atoms with Gasteiger partial charge in [-0.2, -0.15) is 0 Å². The normalized spacial score (nSPS) is 10.0. The van der Waals surface area contributed by atoms with Gasteiger partial charge in [-0.25, -0.2) is 0 Å². The van der Waals surface area contributed by atoms with Crippen LogP contribution in [0.4, 0.5) is 0 Å². The van der Waals surface area contributed by atoms with Gasteiger partial charge in [0.25, 0.3) is 11.8 Å². The molecule has 0 unspecified atom stereocenters. The van der Waals surface area contributed by atoms with Crippen LogP contribution in [0.1, 0.15) is 15.9 Å². The number of hydrogen-bond acceptors (Lipinski definition) is 4. The van der Waals surface area contributed by atoms with E-state index in [9.17, 15) is 9.59 Å². The van der Waals surface area contributed by atoms with Gasteiger partial charge in [0, 0.05) is 23.6 Å². The van der Waals surface area contributed by atoms with Gasteiger partial charge < -0.3 is 20.1 Å². The fourth-order valence-electron chi connectivity index (χ4n) is 2.07. The van der Waals surface area contributed by atoms with Crippen molar-refractivity contribution in [1.82, 2.24) is 10.6 Å². The largest absolute Gasteiger partial charge is 0.493 e. The molecule has 2 aromatic carbocycles. The van der Waals surface area contributed by atoms with E-state index in [2.05, 4.69) is 26.6 Å². The summed E-state index contributed by atoms with van der Waals surface area (Å²) in [6.07, 6.45) is 0. The molecule has 6 nitrogen and oxygen atoms in total. The van der Waals surface area contributed by atoms with Crippen molar-refractivity contribution in [3.63, 3.8) is 0 Å². The average molecular weight is 407 g/mol. The molecule has 0 heterocycles. The molecule has 0 spiro atoms. The van der Waals surface area contributed by atoms with E-state index >= 15 is 0 Å². The summed E-state index contributed by atoms with van der Waals surface area (Å²) in [6, 6.07) is 12.5. The summed E-state index contributed by atoms with van der Waals surface area (Å²) in [6.45, 7) is 0.288. The molecule has 0 aliphatic heterocycles. The molecule has 0 bridgehead atoms. The monoisotopic (exact) mass is 406 g/mol. The van der Waals surface area contributed by atoms with E-state index in [0.717, 1.165) is 10.0 Å². The molecule has 2 aromatic rings. The van der Waals surface area contributed by atoms with Crippen molar-refractivity contribution in [2.45, 2.75) is 6.54 Å². The van der Waals surface area contributed by atoms with Gasteiger partial charge in [0.15, 0.2) is 18.1 Å². The number of halogens is 1. The predicted molar refractivity (Wildman–Crippen MR) is 97.9 cm³/mol. The third-order valence-electron chi connectivity index (χ3n) is 3.41. The summed E-state index contributed by atoms with van der Waals surface area (Å²) >= 11 is 3.40. The van der Waals surface area contributed by atoms with Gasteiger partial charge in [-0.15, -0.1) is 0 Å². The van der Waals surface area contributed by atoms with Crippen LogP contribution in [0, 0.1) is 0 Å². The lowest BCUT2D eigenvalue weighted by Gasteiger charge is -2.12. The number of amides is 2. The van der Waals surface area contributed by atoms with Gasteiger partial charge in [-0.3, -0.25) is 9.59 Å². The van der Waals surface area contributed by atoms with Crippen molar-refractivity contribution in [3.8, 4) is 11.5 Å². The third kappa shape index (κ3) is 5.49. The molecule has 7 heteroatoms. The van der Waals surface area contributed by atoms with Crippen molar-refractivity contribution in [2.24, 2.45) is 0 Å². The standard InChI is InChI=1S/C18H19BrN2O4/c1-20-17(22)11-25-15-7-6-13(9-16(15)24-2)18(23)21-10-12-4-3-5-14(19)8-12/h3-9H,10-11H2,1-2H3,(H,20,22)(H,21,23). The minimum Gasteiger partial charge on any atom is -0.493 e. The number of carbonyl (C=O) groups is 2. The van der Waals surface area contributed by atoms with Crippen LogP contribution >= 0.6 is 15.9 Å². The van der Waals surface area contributed by atoms with E-state index in [1.54, 1.807) is 18.2 Å². The Labute approximate surface area is 154 Å². The molecule has 0 atom stereocenters. The molecule has 132 valence electrons. The van der Waals surface area contributed by atoms with Gasteiger partial charge in [0.2, 0.25) is 0 Å². The fraction of sp³-hybridized carbons (Fsp3) is 0.222. The second kappa shape index (κ2) is 9.08. The number of benzene rings is 2. The molecule has 0 fully saturated rings. The molecule has 2 rings (SSSR count). The molecule has 0 aromatic heterocycles. The molecule has 0 radical (unpaired) electrons. The van der Waals surface area contributed by atoms with Crippen LogP contribution in [0.15, 0.2) is 46.9 Å². The highest BCUT2D eigenvalue weighted by Gasteiger charge is 2.12. The van der Waals surface area contributed by atoms with Crippen LogP contribution in [0.2, 0.25) is 0 Å². The quantitative estimate of drug-likeness (QED) is 0.740. The summed E-state index contributed by atoms with van der Waals surface area (Å²) in [7, 11) is 3.01. The Morgan fingerprint density at radius 3 is 2.60 bits per heavy atom. The predicted octanol–water partition coefficient (Wildman–Crippen LogP) is 2.51. The number of carbonyl (C=O) groups excluding carboxylic acids is 2. The van der Waals surface area contributed by atoms with Gasteiger partial charge in [0.05, 0.1) is 7.11 Å². The average Bonchev–Trinajstić information content (AvgIpc) is 2.64. The number of ether oxygens (including phenoxy) is 2. The Hall–Kier alpha value is -2.54. The van der Waals surface area contributed by atoms with Crippen LogP contribution in [0.5, 0.6) is 11.5 Å². The summed E-state index contributed by atoms with van der Waals surface area (Å²) in [5.74, 6) is 0.308. The minimum absolute atomic E-state index is 0.124. The maximum Gasteiger partial charge on any atom is 0.257 e. The maximum atomic E-state index is 12.3. The highest BCUT2D eigenvalue weighted by atomic mass is 79.9. The van der Waals surface area contributed by atoms with Crippen molar-refractivity contribution in [1.29, 1.82) is 0 Å². The van der Waals surface area contributed by atoms with Crippen molar-refractivity contribution in [3.05, 3.63) is 58.1 Å². The first-order valence-electron chi connectivity index (χ1n) is 7.57. The van der Waals surface area contributed by atoms with Crippen molar-refractivity contribution < 1.29 is 19.1 Å². The second-order valence-electron chi connectivity index (χ2n) is 5.14. The maximum absolute atomic E-state index is 12.3. The van der Waals surface area contributed by atoms with Crippen LogP contribution in [-0.4, -0.2) is 32.6 Å². The minimum atomic E-state index is -0.252. The molecule has 2 amide bonds. The topological polar surface area (TPSA) is 76.7 Å². The first-order chi connectivity index (χ1) is 12.0. The van der Waals surface area contributed by atoms with E-state index in [0.29, 0.717) is 23.6 Å². The van der Waals surface area contributed by atoms with Gasteiger partial charge in [-0.05, 0) is 35.9 Å². The zero-order valence-electron chi connectivity index (χ0n) is 14.0. The molecular formula is C18H19BrN2O4. The Bertz CT molecular complexity index is 764. The highest BCUT2D eigenvalue weighted by Crippen LogP contribution is 2.28. The number of hydrogen-bond donors (Lipinski definition) is 2. The van der Waals surface area contributed by atoms with Gasteiger partial charge >= 0.3 is 0 Å². The summed E-state index contributed by atoms with van der Waals surface area (Å²) in [5.41, 5.74) is 1.43. The highest BCUT2D eigenvalue weighted by molar-refractivity contribution is 9.10. The molecule has 25 heavy (non-hydrogen) atoms. The number of likely N-dealkylation sites (N-methyl/N-ethyl adjacent to an activating group) is 1. The Kier molecular flexibility index (Phi) is 6.82. The number of rotatable bonds is 7. The molecule has 2 N–H and O–H groups in total. The Morgan fingerprint density at radius 1 is 1.12 bits per heavy atom. The van der Waals surface area contributed by atoms with E-state index in [1.165, 1.54) is 14.2 Å². The molecular weight excluding hydrogens is 388 g/mol. The zero-order valence-corrected chi connectivity index (χ0v) is 15.6. The lowest BCUT2D eigenvalue weighted by atomic mass is 10.1. The molecule has 0 aliphatic rings. The number of methoxy groups -OCH3 is 1. The smallest absolute Gasteiger partial charge is 0.257 e. The molecule has 0 saturated carbocycles. The van der Waals surface area contributed by atoms with Crippen LogP contribution in [-0.2, 0) is 11.3 Å². The van der Waals surface area contributed by atoms with E-state index in [1.807, 2.05) is 24.3 Å². The van der Waals surface area contributed by atoms with E-state index < -0.39 is 0 Å². The van der Waals surface area contributed by atoms with Crippen LogP contribution < -0.4 is 20.1 Å². The van der Waals surface area contributed by atoms with Crippen LogP contribution in [0.3, 0.4) is 0 Å². The summed E-state index contributed by atoms with van der Waals surface area (Å²) in [4.78, 5) is 23.6. The van der Waals surface area contributed by atoms with Crippen LogP contribution in [0.25, 0.3) is 0 Å². The lowest BCUT2D eigenvalue weighted by molar-refractivity contribution is -0.122. The molecule has 0 saturated heterocycles. The Morgan fingerprint density at radius 2 is 1.92 bits per heavy atom. The molecule has 0 aliphatic carbocycles. The van der Waals surface area contributed by atoms with Gasteiger partial charge in [0.1, 0.15) is 0 Å². The van der Waals surface area contributed by atoms with Gasteiger partial charge in [-0.1, -0.05) is 28.1 Å². The first-order valence-corrected chi connectivity index (χ1v) is 8.37. The van der Waals surface area contributed by atoms with E-state index in [4.69, 9.17) is 9.47 Å².